The molecule has 10 heteroatoms. The SMILES string of the molecule is COc1ccc(N(C(C)C(=O)NN=Cc2cc3ccccc3nc2Cl)S(C)(=O)=O)cc1. The van der Waals surface area contributed by atoms with Gasteiger partial charge in [-0.2, -0.15) is 5.10 Å². The van der Waals surface area contributed by atoms with Gasteiger partial charge in [0.2, 0.25) is 10.0 Å². The third-order valence-electron chi connectivity index (χ3n) is 4.50. The van der Waals surface area contributed by atoms with Gasteiger partial charge in [-0.1, -0.05) is 29.8 Å². The second-order valence-corrected chi connectivity index (χ2v) is 8.95. The smallest absolute Gasteiger partial charge is 0.263 e. The standard InChI is InChI=1S/C21H21ClN4O4S/c1-14(26(31(3,28)29)17-8-10-18(30-2)11-9-17)21(27)25-23-13-16-12-15-6-4-5-7-19(15)24-20(16)22/h4-14H,1-3H3,(H,25,27). The fourth-order valence-electron chi connectivity index (χ4n) is 3.00. The van der Waals surface area contributed by atoms with Crippen molar-refractivity contribution in [3.8, 4) is 5.75 Å². The average molecular weight is 461 g/mol. The molecule has 0 fully saturated rings. The first kappa shape index (κ1) is 22.5. The molecule has 3 aromatic rings. The molecule has 2 aromatic carbocycles. The van der Waals surface area contributed by atoms with Crippen molar-refractivity contribution in [2.45, 2.75) is 13.0 Å². The molecule has 3 rings (SSSR count). The first-order valence-electron chi connectivity index (χ1n) is 9.22. The summed E-state index contributed by atoms with van der Waals surface area (Å²) in [6.45, 7) is 1.47. The molecule has 1 aromatic heterocycles. The average Bonchev–Trinajstić information content (AvgIpc) is 2.73. The Morgan fingerprint density at radius 2 is 1.90 bits per heavy atom. The van der Waals surface area contributed by atoms with Crippen LogP contribution in [0.1, 0.15) is 12.5 Å². The van der Waals surface area contributed by atoms with Crippen molar-refractivity contribution in [1.29, 1.82) is 0 Å². The maximum Gasteiger partial charge on any atom is 0.263 e. The zero-order valence-electron chi connectivity index (χ0n) is 17.1. The number of nitrogens with one attached hydrogen (secondary N) is 1. The van der Waals surface area contributed by atoms with E-state index in [-0.39, 0.29) is 5.15 Å². The molecule has 0 aliphatic carbocycles. The second-order valence-electron chi connectivity index (χ2n) is 6.73. The van der Waals surface area contributed by atoms with Crippen LogP contribution in [0.4, 0.5) is 5.69 Å². The molecule has 8 nitrogen and oxygen atoms in total. The van der Waals surface area contributed by atoms with Gasteiger partial charge in [0.1, 0.15) is 16.9 Å². The summed E-state index contributed by atoms with van der Waals surface area (Å²) in [5.41, 5.74) is 3.95. The van der Waals surface area contributed by atoms with Gasteiger partial charge in [0.25, 0.3) is 5.91 Å². The summed E-state index contributed by atoms with van der Waals surface area (Å²) < 4.78 is 30.8. The summed E-state index contributed by atoms with van der Waals surface area (Å²) in [7, 11) is -2.23. The van der Waals surface area contributed by atoms with Crippen LogP contribution in [0, 0.1) is 0 Å². The molecule has 0 aliphatic rings. The zero-order chi connectivity index (χ0) is 22.6. The van der Waals surface area contributed by atoms with Crippen LogP contribution in [-0.2, 0) is 14.8 Å². The highest BCUT2D eigenvalue weighted by molar-refractivity contribution is 7.92. The largest absolute Gasteiger partial charge is 0.497 e. The number of pyridine rings is 1. The molecular weight excluding hydrogens is 440 g/mol. The van der Waals surface area contributed by atoms with Crippen molar-refractivity contribution < 1.29 is 17.9 Å². The number of benzene rings is 2. The number of rotatable bonds is 7. The normalized spacial score (nSPS) is 12.6. The predicted molar refractivity (Wildman–Crippen MR) is 122 cm³/mol. The number of ether oxygens (including phenoxy) is 1. The summed E-state index contributed by atoms with van der Waals surface area (Å²) in [6.07, 6.45) is 2.40. The first-order valence-corrected chi connectivity index (χ1v) is 11.4. The van der Waals surface area contributed by atoms with Crippen LogP contribution in [0.3, 0.4) is 0 Å². The predicted octanol–water partition coefficient (Wildman–Crippen LogP) is 3.20. The number of halogens is 1. The Balaban J connectivity index is 1.78. The maximum atomic E-state index is 12.6. The van der Waals surface area contributed by atoms with Gasteiger partial charge in [0.15, 0.2) is 0 Å². The highest BCUT2D eigenvalue weighted by Crippen LogP contribution is 2.24. The van der Waals surface area contributed by atoms with E-state index in [2.05, 4.69) is 15.5 Å². The van der Waals surface area contributed by atoms with Crippen LogP contribution in [0.25, 0.3) is 10.9 Å². The van der Waals surface area contributed by atoms with Crippen molar-refractivity contribution in [2.24, 2.45) is 5.10 Å². The summed E-state index contributed by atoms with van der Waals surface area (Å²) in [6, 6.07) is 14.6. The number of hydrogen-bond donors (Lipinski definition) is 1. The number of sulfonamides is 1. The fourth-order valence-corrected chi connectivity index (χ4v) is 4.37. The number of hydrogen-bond acceptors (Lipinski definition) is 6. The molecule has 1 atom stereocenters. The van der Waals surface area contributed by atoms with E-state index in [0.717, 1.165) is 21.5 Å². The van der Waals surface area contributed by atoms with Crippen LogP contribution in [0.15, 0.2) is 59.7 Å². The molecule has 31 heavy (non-hydrogen) atoms. The lowest BCUT2D eigenvalue weighted by molar-refractivity contribution is -0.121. The van der Waals surface area contributed by atoms with Crippen molar-refractivity contribution in [3.05, 3.63) is 65.3 Å². The lowest BCUT2D eigenvalue weighted by Gasteiger charge is -2.27. The van der Waals surface area contributed by atoms with Crippen molar-refractivity contribution in [2.75, 3.05) is 17.7 Å². The third kappa shape index (κ3) is 5.31. The molecule has 1 unspecified atom stereocenters. The molecule has 1 heterocycles. The van der Waals surface area contributed by atoms with E-state index in [4.69, 9.17) is 16.3 Å². The molecule has 1 amide bonds. The van der Waals surface area contributed by atoms with Crippen molar-refractivity contribution in [1.82, 2.24) is 10.4 Å². The lowest BCUT2D eigenvalue weighted by Crippen LogP contribution is -2.46. The third-order valence-corrected chi connectivity index (χ3v) is 6.04. The van der Waals surface area contributed by atoms with Crippen LogP contribution in [-0.4, -0.2) is 44.9 Å². The summed E-state index contributed by atoms with van der Waals surface area (Å²) >= 11 is 6.18. The van der Waals surface area contributed by atoms with E-state index in [0.29, 0.717) is 17.0 Å². The number of fused-ring (bicyclic) bond motifs is 1. The number of anilines is 1. The van der Waals surface area contributed by atoms with E-state index in [1.807, 2.05) is 24.3 Å². The number of carbonyl (C=O) groups excluding carboxylic acids is 1. The highest BCUT2D eigenvalue weighted by Gasteiger charge is 2.29. The number of carbonyl (C=O) groups is 1. The number of hydrazone groups is 1. The molecule has 162 valence electrons. The van der Waals surface area contributed by atoms with Gasteiger partial charge in [0, 0.05) is 10.9 Å². The number of aromatic nitrogens is 1. The Hall–Kier alpha value is -3.17. The Kier molecular flexibility index (Phi) is 6.77. The molecule has 0 saturated heterocycles. The molecule has 0 spiro atoms. The first-order chi connectivity index (χ1) is 14.7. The quantitative estimate of drug-likeness (QED) is 0.331. The number of methoxy groups -OCH3 is 1. The van der Waals surface area contributed by atoms with Crippen molar-refractivity contribution in [3.63, 3.8) is 0 Å². The van der Waals surface area contributed by atoms with Gasteiger partial charge in [-0.25, -0.2) is 18.8 Å². The molecule has 1 N–H and O–H groups in total. The van der Waals surface area contributed by atoms with Gasteiger partial charge >= 0.3 is 0 Å². The van der Waals surface area contributed by atoms with E-state index >= 15 is 0 Å². The number of amides is 1. The number of nitrogens with zero attached hydrogens (tertiary/aromatic N) is 3. The van der Waals surface area contributed by atoms with Gasteiger partial charge in [0.05, 0.1) is 30.8 Å². The van der Waals surface area contributed by atoms with Gasteiger partial charge in [-0.05, 0) is 43.3 Å². The highest BCUT2D eigenvalue weighted by atomic mass is 35.5. The molecule has 0 bridgehead atoms. The Bertz CT molecular complexity index is 1230. The number of para-hydroxylation sites is 1. The zero-order valence-corrected chi connectivity index (χ0v) is 18.7. The topological polar surface area (TPSA) is 101 Å². The summed E-state index contributed by atoms with van der Waals surface area (Å²) in [5.74, 6) is -0.0397. The monoisotopic (exact) mass is 460 g/mol. The fraction of sp³-hybridized carbons (Fsp3) is 0.190. The van der Waals surface area contributed by atoms with E-state index in [1.54, 1.807) is 30.3 Å². The minimum atomic E-state index is -3.74. The van der Waals surface area contributed by atoms with E-state index in [9.17, 15) is 13.2 Å². The van der Waals surface area contributed by atoms with Crippen LogP contribution in [0.2, 0.25) is 5.15 Å². The van der Waals surface area contributed by atoms with Crippen LogP contribution < -0.4 is 14.5 Å². The summed E-state index contributed by atoms with van der Waals surface area (Å²) in [4.78, 5) is 16.9. The molecule has 0 saturated carbocycles. The molecular formula is C21H21ClN4O4S. The second kappa shape index (κ2) is 9.32. The van der Waals surface area contributed by atoms with Gasteiger partial charge < -0.3 is 4.74 Å². The lowest BCUT2D eigenvalue weighted by atomic mass is 10.2. The van der Waals surface area contributed by atoms with E-state index < -0.39 is 22.0 Å². The molecule has 0 aliphatic heterocycles. The van der Waals surface area contributed by atoms with Gasteiger partial charge in [-0.15, -0.1) is 0 Å². The minimum absolute atomic E-state index is 0.237. The van der Waals surface area contributed by atoms with Crippen molar-refractivity contribution >= 4 is 50.3 Å². The Labute approximate surface area is 185 Å². The Morgan fingerprint density at radius 3 is 2.55 bits per heavy atom. The minimum Gasteiger partial charge on any atom is -0.497 e. The maximum absolute atomic E-state index is 12.6. The van der Waals surface area contributed by atoms with Crippen LogP contribution >= 0.6 is 11.6 Å². The Morgan fingerprint density at radius 1 is 1.23 bits per heavy atom. The molecule has 0 radical (unpaired) electrons. The van der Waals surface area contributed by atoms with Crippen LogP contribution in [0.5, 0.6) is 5.75 Å². The van der Waals surface area contributed by atoms with E-state index in [1.165, 1.54) is 20.2 Å². The summed E-state index contributed by atoms with van der Waals surface area (Å²) in [5, 5.41) is 5.03. The van der Waals surface area contributed by atoms with Gasteiger partial charge in [-0.3, -0.25) is 9.10 Å².